The molecule has 0 atom stereocenters. The van der Waals surface area contributed by atoms with E-state index in [0.717, 1.165) is 10.1 Å². The fraction of sp³-hybridized carbons (Fsp3) is 0.381. The van der Waals surface area contributed by atoms with Crippen LogP contribution in [0.5, 0.6) is 0 Å². The van der Waals surface area contributed by atoms with Gasteiger partial charge in [-0.05, 0) is 46.1 Å². The highest BCUT2D eigenvalue weighted by Crippen LogP contribution is 2.47. The average Bonchev–Trinajstić information content (AvgIpc) is 3.13. The van der Waals surface area contributed by atoms with Gasteiger partial charge in [-0.15, -0.1) is 22.4 Å². The molecule has 34 heavy (non-hydrogen) atoms. The van der Waals surface area contributed by atoms with Gasteiger partial charge in [0.2, 0.25) is 0 Å². The molecule has 0 radical (unpaired) electrons. The lowest BCUT2D eigenvalue weighted by molar-refractivity contribution is 0.0928. The molecule has 9 nitrogen and oxygen atoms in total. The number of halogens is 3. The smallest absolute Gasteiger partial charge is 0.269 e. The fourth-order valence-electron chi connectivity index (χ4n) is 3.55. The number of aromatic nitrogens is 1. The maximum absolute atomic E-state index is 13.1. The van der Waals surface area contributed by atoms with E-state index in [0.29, 0.717) is 23.7 Å². The highest BCUT2D eigenvalue weighted by Gasteiger charge is 2.28. The molecule has 3 rings (SSSR count). The summed E-state index contributed by atoms with van der Waals surface area (Å²) in [6, 6.07) is 8.24. The first-order valence-electron chi connectivity index (χ1n) is 10.4. The van der Waals surface area contributed by atoms with Crippen LogP contribution >= 0.6 is 49.9 Å². The van der Waals surface area contributed by atoms with Crippen molar-refractivity contribution in [1.82, 2.24) is 19.5 Å². The van der Waals surface area contributed by atoms with Gasteiger partial charge in [0.15, 0.2) is 0 Å². The highest BCUT2D eigenvalue weighted by molar-refractivity contribution is 9.10. The summed E-state index contributed by atoms with van der Waals surface area (Å²) < 4.78 is 22.9. The van der Waals surface area contributed by atoms with E-state index in [2.05, 4.69) is 26.6 Å². The van der Waals surface area contributed by atoms with Crippen molar-refractivity contribution in [2.24, 2.45) is 0 Å². The number of carbonyl (C=O) groups is 2. The summed E-state index contributed by atoms with van der Waals surface area (Å²) in [5.41, 5.74) is 0.0706. The van der Waals surface area contributed by atoms with Crippen LogP contribution in [0, 0.1) is 0 Å². The molecule has 2 amide bonds. The minimum atomic E-state index is -2.78. The normalized spacial score (nSPS) is 16.3. The lowest BCUT2D eigenvalue weighted by Crippen LogP contribution is -2.40. The molecule has 4 N–H and O–H groups in total. The van der Waals surface area contributed by atoms with E-state index in [1.807, 2.05) is 0 Å². The van der Waals surface area contributed by atoms with E-state index in [-0.39, 0.29) is 47.8 Å². The van der Waals surface area contributed by atoms with Gasteiger partial charge in [-0.2, -0.15) is 0 Å². The minimum Gasteiger partial charge on any atom is -0.349 e. The van der Waals surface area contributed by atoms with Gasteiger partial charge in [0.1, 0.15) is 11.3 Å². The Bertz CT molecular complexity index is 1110. The lowest BCUT2D eigenvalue weighted by atomic mass is 10.2. The van der Waals surface area contributed by atoms with E-state index >= 15 is 0 Å². The Morgan fingerprint density at radius 3 is 2.44 bits per heavy atom. The van der Waals surface area contributed by atoms with Gasteiger partial charge in [0.05, 0.1) is 5.75 Å². The lowest BCUT2D eigenvalue weighted by Gasteiger charge is -2.36. The van der Waals surface area contributed by atoms with Gasteiger partial charge in [0.25, 0.3) is 17.4 Å². The molecule has 1 aliphatic rings. The van der Waals surface area contributed by atoms with Gasteiger partial charge in [-0.1, -0.05) is 23.7 Å². The third-order valence-electron chi connectivity index (χ3n) is 5.26. The first kappa shape index (κ1) is 27.0. The molecule has 1 aromatic heterocycles. The molecule has 0 aliphatic carbocycles. The first-order chi connectivity index (χ1) is 16.1. The van der Waals surface area contributed by atoms with E-state index in [1.165, 1.54) is 6.07 Å². The number of rotatable bonds is 9. The summed E-state index contributed by atoms with van der Waals surface area (Å²) in [7, 11) is -2.78. The monoisotopic (exact) mass is 594 g/mol. The topological polar surface area (TPSA) is 124 Å². The zero-order valence-electron chi connectivity index (χ0n) is 18.1. The SMILES string of the molecule is O=C(NCc1ccc(Cl)cc1)c1cc(Br)c(C(=O)NCCN2CCCS2(O)O)n(CCCl)c1=O. The van der Waals surface area contributed by atoms with Crippen LogP contribution in [0.3, 0.4) is 0 Å². The minimum absolute atomic E-state index is 0.0205. The van der Waals surface area contributed by atoms with Gasteiger partial charge in [-0.25, -0.2) is 4.31 Å². The van der Waals surface area contributed by atoms with E-state index < -0.39 is 28.1 Å². The number of alkyl halides is 1. The van der Waals surface area contributed by atoms with Crippen molar-refractivity contribution in [2.45, 2.75) is 19.5 Å². The van der Waals surface area contributed by atoms with E-state index in [1.54, 1.807) is 28.6 Å². The summed E-state index contributed by atoms with van der Waals surface area (Å²) in [5, 5.41) is 5.97. The summed E-state index contributed by atoms with van der Waals surface area (Å²) in [5.74, 6) is -0.756. The van der Waals surface area contributed by atoms with Crippen LogP contribution in [-0.4, -0.2) is 61.1 Å². The van der Waals surface area contributed by atoms with Gasteiger partial charge in [0, 0.05) is 48.1 Å². The number of amides is 2. The summed E-state index contributed by atoms with van der Waals surface area (Å²) in [4.78, 5) is 38.7. The van der Waals surface area contributed by atoms with Crippen LogP contribution in [0.15, 0.2) is 39.6 Å². The number of nitrogens with zero attached hydrogens (tertiary/aromatic N) is 2. The van der Waals surface area contributed by atoms with Crippen molar-refractivity contribution in [1.29, 1.82) is 0 Å². The van der Waals surface area contributed by atoms with E-state index in [4.69, 9.17) is 23.2 Å². The number of hydrogen-bond acceptors (Lipinski definition) is 6. The molecule has 2 heterocycles. The molecule has 1 saturated heterocycles. The largest absolute Gasteiger partial charge is 0.349 e. The molecule has 0 bridgehead atoms. The van der Waals surface area contributed by atoms with Crippen LogP contribution in [0.1, 0.15) is 32.8 Å². The predicted octanol–water partition coefficient (Wildman–Crippen LogP) is 3.53. The summed E-state index contributed by atoms with van der Waals surface area (Å²) >= 11 is 15.0. The fourth-order valence-corrected chi connectivity index (χ4v) is 6.05. The first-order valence-corrected chi connectivity index (χ1v) is 13.8. The van der Waals surface area contributed by atoms with Crippen LogP contribution in [0.4, 0.5) is 0 Å². The molecule has 1 aromatic carbocycles. The Morgan fingerprint density at radius 1 is 1.12 bits per heavy atom. The second-order valence-corrected chi connectivity index (χ2v) is 11.4. The average molecular weight is 596 g/mol. The van der Waals surface area contributed by atoms with Crippen LogP contribution < -0.4 is 16.2 Å². The number of benzene rings is 1. The number of nitrogens with one attached hydrogen (secondary N) is 2. The van der Waals surface area contributed by atoms with Crippen molar-refractivity contribution in [2.75, 3.05) is 31.3 Å². The second kappa shape index (κ2) is 11.9. The van der Waals surface area contributed by atoms with Gasteiger partial charge < -0.3 is 15.2 Å². The summed E-state index contributed by atoms with van der Waals surface area (Å²) in [6.45, 7) is 1.17. The van der Waals surface area contributed by atoms with Crippen molar-refractivity contribution in [3.8, 4) is 0 Å². The quantitative estimate of drug-likeness (QED) is 0.329. The zero-order valence-corrected chi connectivity index (χ0v) is 22.0. The number of carbonyl (C=O) groups excluding carboxylic acids is 2. The second-order valence-electron chi connectivity index (χ2n) is 7.58. The van der Waals surface area contributed by atoms with Crippen molar-refractivity contribution in [3.05, 3.63) is 67.0 Å². The zero-order chi connectivity index (χ0) is 24.9. The molecule has 186 valence electrons. The Labute approximate surface area is 217 Å². The predicted molar refractivity (Wildman–Crippen MR) is 138 cm³/mol. The maximum Gasteiger partial charge on any atom is 0.269 e. The molecule has 0 unspecified atom stereocenters. The molecule has 13 heteroatoms. The molecule has 0 saturated carbocycles. The molecule has 1 fully saturated rings. The Morgan fingerprint density at radius 2 is 1.82 bits per heavy atom. The van der Waals surface area contributed by atoms with Crippen LogP contribution in [-0.2, 0) is 13.1 Å². The third kappa shape index (κ3) is 6.54. The molecular formula is C21H25BrCl2N4O5S. The van der Waals surface area contributed by atoms with Gasteiger partial charge >= 0.3 is 0 Å². The number of hydrogen-bond donors (Lipinski definition) is 4. The molecule has 2 aromatic rings. The van der Waals surface area contributed by atoms with Gasteiger partial charge in [-0.3, -0.25) is 23.5 Å². The van der Waals surface area contributed by atoms with Crippen LogP contribution in [0.2, 0.25) is 5.02 Å². The summed E-state index contributed by atoms with van der Waals surface area (Å²) in [6.07, 6.45) is 0.679. The van der Waals surface area contributed by atoms with E-state index in [9.17, 15) is 23.5 Å². The third-order valence-corrected chi connectivity index (χ3v) is 8.32. The molecular weight excluding hydrogens is 571 g/mol. The Kier molecular flexibility index (Phi) is 9.44. The van der Waals surface area contributed by atoms with Crippen molar-refractivity contribution < 1.29 is 18.7 Å². The Hall–Kier alpha value is -1.60. The van der Waals surface area contributed by atoms with Crippen LogP contribution in [0.25, 0.3) is 0 Å². The highest BCUT2D eigenvalue weighted by atomic mass is 79.9. The standard InChI is InChI=1S/C21H25BrCl2N4O5S/c22-17-12-16(19(29)26-13-14-2-4-15(24)5-3-14)21(31)28(9-6-23)18(17)20(30)25-7-10-27-8-1-11-34(27,32)33/h2-5,12,32-33H,1,6-11,13H2,(H,25,30)(H,26,29). The van der Waals surface area contributed by atoms with Crippen molar-refractivity contribution >= 4 is 61.7 Å². The molecule has 0 spiro atoms. The van der Waals surface area contributed by atoms with Crippen molar-refractivity contribution in [3.63, 3.8) is 0 Å². The maximum atomic E-state index is 13.1. The number of pyridine rings is 1. The Balaban J connectivity index is 1.74. The molecule has 1 aliphatic heterocycles.